The number of fused-ring (bicyclic) bond motifs is 5. The predicted molar refractivity (Wildman–Crippen MR) is 158 cm³/mol. The van der Waals surface area contributed by atoms with Crippen molar-refractivity contribution in [3.63, 3.8) is 0 Å². The van der Waals surface area contributed by atoms with E-state index >= 15 is 0 Å². The summed E-state index contributed by atoms with van der Waals surface area (Å²) in [4.78, 5) is 38.9. The highest BCUT2D eigenvalue weighted by Crippen LogP contribution is 2.65. The van der Waals surface area contributed by atoms with Gasteiger partial charge in [-0.05, 0) is 111 Å². The topological polar surface area (TPSA) is 78.9 Å². The fourth-order valence-corrected chi connectivity index (χ4v) is 9.65. The van der Waals surface area contributed by atoms with Gasteiger partial charge in [-0.1, -0.05) is 50.2 Å². The Morgan fingerprint density at radius 2 is 1.40 bits per heavy atom. The van der Waals surface area contributed by atoms with Gasteiger partial charge in [-0.25, -0.2) is 9.59 Å². The maximum atomic E-state index is 13.4. The summed E-state index contributed by atoms with van der Waals surface area (Å²) in [5, 5.41) is 0. The van der Waals surface area contributed by atoms with Crippen LogP contribution in [0.5, 0.6) is 0 Å². The van der Waals surface area contributed by atoms with Crippen LogP contribution in [0, 0.1) is 46.8 Å². The molecule has 4 saturated carbocycles. The van der Waals surface area contributed by atoms with Crippen molar-refractivity contribution in [1.82, 2.24) is 0 Å². The van der Waals surface area contributed by atoms with Crippen molar-refractivity contribution in [3.8, 4) is 0 Å². The average molecular weight is 573 g/mol. The van der Waals surface area contributed by atoms with E-state index in [9.17, 15) is 14.4 Å². The Morgan fingerprint density at radius 1 is 0.786 bits per heavy atom. The summed E-state index contributed by atoms with van der Waals surface area (Å²) < 4.78 is 17.6. The van der Waals surface area contributed by atoms with Crippen molar-refractivity contribution < 1.29 is 28.6 Å². The summed E-state index contributed by atoms with van der Waals surface area (Å²) in [6.45, 7) is 4.43. The zero-order valence-corrected chi connectivity index (χ0v) is 25.1. The molecule has 0 unspecified atom stereocenters. The molecule has 6 heteroatoms. The molecule has 0 aromatic heterocycles. The van der Waals surface area contributed by atoms with Crippen LogP contribution in [-0.4, -0.2) is 37.2 Å². The number of benzene rings is 2. The van der Waals surface area contributed by atoms with Crippen LogP contribution in [0.3, 0.4) is 0 Å². The van der Waals surface area contributed by atoms with Crippen molar-refractivity contribution in [3.05, 3.63) is 71.8 Å². The van der Waals surface area contributed by atoms with E-state index in [2.05, 4.69) is 6.92 Å². The lowest BCUT2D eigenvalue weighted by atomic mass is 9.46. The average Bonchev–Trinajstić information content (AvgIpc) is 3.47. The summed E-state index contributed by atoms with van der Waals surface area (Å²) >= 11 is 0. The third-order valence-corrected chi connectivity index (χ3v) is 11.8. The molecule has 0 saturated heterocycles. The molecule has 224 valence electrons. The highest BCUT2D eigenvalue weighted by atomic mass is 16.5. The molecule has 0 spiro atoms. The van der Waals surface area contributed by atoms with Gasteiger partial charge < -0.3 is 14.2 Å². The Labute approximate surface area is 249 Å². The van der Waals surface area contributed by atoms with Crippen LogP contribution in [0.4, 0.5) is 0 Å². The first-order valence-corrected chi connectivity index (χ1v) is 15.9. The fourth-order valence-electron chi connectivity index (χ4n) is 9.65. The number of hydrogen-bond donors (Lipinski definition) is 0. The van der Waals surface area contributed by atoms with E-state index in [0.29, 0.717) is 34.8 Å². The highest BCUT2D eigenvalue weighted by Gasteiger charge is 2.61. The van der Waals surface area contributed by atoms with Gasteiger partial charge in [0.15, 0.2) is 0 Å². The fraction of sp³-hybridized carbons (Fsp3) is 0.583. The normalized spacial score (nSPS) is 36.0. The molecule has 10 atom stereocenters. The van der Waals surface area contributed by atoms with Gasteiger partial charge in [0.1, 0.15) is 12.2 Å². The molecule has 4 aliphatic rings. The zero-order valence-electron chi connectivity index (χ0n) is 25.1. The molecule has 6 nitrogen and oxygen atoms in total. The minimum atomic E-state index is -0.275. The lowest BCUT2D eigenvalue weighted by molar-refractivity contribution is -0.155. The van der Waals surface area contributed by atoms with E-state index in [1.807, 2.05) is 67.6 Å². The Morgan fingerprint density at radius 3 is 2.05 bits per heavy atom. The van der Waals surface area contributed by atoms with Gasteiger partial charge in [-0.3, -0.25) is 4.79 Å². The Balaban J connectivity index is 1.23. The monoisotopic (exact) mass is 572 g/mol. The van der Waals surface area contributed by atoms with Crippen LogP contribution in [0.1, 0.15) is 85.9 Å². The van der Waals surface area contributed by atoms with Gasteiger partial charge in [0.05, 0.1) is 24.2 Å². The van der Waals surface area contributed by atoms with Crippen molar-refractivity contribution in [2.45, 2.75) is 77.4 Å². The molecule has 0 amide bonds. The first-order chi connectivity index (χ1) is 20.3. The van der Waals surface area contributed by atoms with Gasteiger partial charge in [-0.15, -0.1) is 0 Å². The summed E-state index contributed by atoms with van der Waals surface area (Å²) in [6.07, 6.45) is 7.60. The molecule has 4 aliphatic carbocycles. The Bertz CT molecular complexity index is 1280. The smallest absolute Gasteiger partial charge is 0.338 e. The maximum Gasteiger partial charge on any atom is 0.338 e. The van der Waals surface area contributed by atoms with E-state index < -0.39 is 0 Å². The molecule has 4 fully saturated rings. The third-order valence-electron chi connectivity index (χ3n) is 11.8. The molecule has 0 heterocycles. The number of methoxy groups -OCH3 is 1. The molecule has 42 heavy (non-hydrogen) atoms. The molecule has 0 bridgehead atoms. The molecule has 0 radical (unpaired) electrons. The predicted octanol–water partition coefficient (Wildman–Crippen LogP) is 7.13. The second kappa shape index (κ2) is 11.9. The number of carbonyl (C=O) groups excluding carboxylic acids is 3. The van der Waals surface area contributed by atoms with Crippen molar-refractivity contribution in [1.29, 1.82) is 0 Å². The van der Waals surface area contributed by atoms with Crippen LogP contribution in [-0.2, 0) is 19.0 Å². The molecule has 6 rings (SSSR count). The lowest BCUT2D eigenvalue weighted by Gasteiger charge is -2.60. The number of ether oxygens (including phenoxy) is 3. The highest BCUT2D eigenvalue weighted by molar-refractivity contribution is 5.90. The molecule has 2 aromatic carbocycles. The number of esters is 3. The van der Waals surface area contributed by atoms with E-state index in [4.69, 9.17) is 14.2 Å². The minimum Gasteiger partial charge on any atom is -0.469 e. The van der Waals surface area contributed by atoms with Gasteiger partial charge in [0.25, 0.3) is 0 Å². The third kappa shape index (κ3) is 5.26. The van der Waals surface area contributed by atoms with Crippen LogP contribution in [0.25, 0.3) is 0 Å². The Hall–Kier alpha value is -3.15. The van der Waals surface area contributed by atoms with E-state index in [0.717, 1.165) is 51.4 Å². The number of carbonyl (C=O) groups is 3. The van der Waals surface area contributed by atoms with Gasteiger partial charge in [-0.2, -0.15) is 0 Å². The zero-order chi connectivity index (χ0) is 29.4. The first-order valence-electron chi connectivity index (χ1n) is 15.9. The maximum absolute atomic E-state index is 13.4. The molecule has 0 aliphatic heterocycles. The van der Waals surface area contributed by atoms with Crippen LogP contribution in [0.2, 0.25) is 0 Å². The molecule has 2 aromatic rings. The Kier molecular flexibility index (Phi) is 8.17. The standard InChI is InChI=1S/C36H44O6/c1-22(33(37)40-3)27-16-17-29-28-15-14-25-20-26(41-34(38)23-10-6-4-7-11-23)18-19-36(25,2)30(28)21-31(32(27)29)42-35(39)24-12-8-5-9-13-24/h4-13,22,25-32H,14-21H2,1-3H3/t22-,25-,26-,27+,28+,29-,30-,31-,32+,36+/m1/s1. The first kappa shape index (κ1) is 28.9. The SMILES string of the molecule is COC(=O)[C@H](C)[C@@H]1CC[C@@H]2[C@@H]3CC[C@@H]4C[C@H](OC(=O)c5ccccc5)CC[C@]4(C)[C@@H]3C[C@@H](OC(=O)c3ccccc3)[C@H]21. The van der Waals surface area contributed by atoms with Crippen molar-refractivity contribution in [2.75, 3.05) is 7.11 Å². The van der Waals surface area contributed by atoms with Crippen LogP contribution in [0.15, 0.2) is 60.7 Å². The summed E-state index contributed by atoms with van der Waals surface area (Å²) in [6, 6.07) is 18.5. The lowest BCUT2D eigenvalue weighted by Crippen LogP contribution is -2.56. The van der Waals surface area contributed by atoms with Crippen LogP contribution >= 0.6 is 0 Å². The number of hydrogen-bond acceptors (Lipinski definition) is 6. The summed E-state index contributed by atoms with van der Waals surface area (Å²) in [7, 11) is 1.46. The second-order valence-corrected chi connectivity index (χ2v) is 13.6. The summed E-state index contributed by atoms with van der Waals surface area (Å²) in [5.41, 5.74) is 1.28. The second-order valence-electron chi connectivity index (χ2n) is 13.6. The van der Waals surface area contributed by atoms with Gasteiger partial charge >= 0.3 is 17.9 Å². The van der Waals surface area contributed by atoms with E-state index in [-0.39, 0.29) is 53.3 Å². The number of rotatable bonds is 6. The quantitative estimate of drug-likeness (QED) is 0.271. The van der Waals surface area contributed by atoms with Crippen LogP contribution < -0.4 is 0 Å². The summed E-state index contributed by atoms with van der Waals surface area (Å²) in [5.74, 6) is 1.30. The van der Waals surface area contributed by atoms with E-state index in [1.165, 1.54) is 7.11 Å². The van der Waals surface area contributed by atoms with Crippen molar-refractivity contribution >= 4 is 17.9 Å². The molecular weight excluding hydrogens is 528 g/mol. The largest absolute Gasteiger partial charge is 0.469 e. The van der Waals surface area contributed by atoms with Crippen molar-refractivity contribution in [2.24, 2.45) is 46.8 Å². The van der Waals surface area contributed by atoms with E-state index in [1.54, 1.807) is 0 Å². The van der Waals surface area contributed by atoms with Gasteiger partial charge in [0.2, 0.25) is 0 Å². The molecular formula is C36H44O6. The van der Waals surface area contributed by atoms with Gasteiger partial charge in [0, 0.05) is 5.92 Å². The minimum absolute atomic E-state index is 0.0628. The molecule has 0 N–H and O–H groups in total.